The molecule has 2 amide bonds. The van der Waals surface area contributed by atoms with E-state index >= 15 is 0 Å². The van der Waals surface area contributed by atoms with E-state index in [1.807, 2.05) is 42.5 Å². The van der Waals surface area contributed by atoms with Gasteiger partial charge < -0.3 is 5.43 Å². The molecule has 2 N–H and O–H groups in total. The molecule has 2 aromatic carbocycles. The Bertz CT molecular complexity index is 772. The van der Waals surface area contributed by atoms with Gasteiger partial charge in [0, 0.05) is 18.8 Å². The number of fused-ring (bicyclic) bond motifs is 1. The van der Waals surface area contributed by atoms with Crippen LogP contribution in [0.4, 0.5) is 5.69 Å². The van der Waals surface area contributed by atoms with Gasteiger partial charge in [0.2, 0.25) is 0 Å². The van der Waals surface area contributed by atoms with Gasteiger partial charge in [-0.3, -0.25) is 14.5 Å². The molecule has 3 rings (SSSR count). The van der Waals surface area contributed by atoms with E-state index in [-0.39, 0.29) is 11.8 Å². The van der Waals surface area contributed by atoms with Gasteiger partial charge in [-0.2, -0.15) is 0 Å². The van der Waals surface area contributed by atoms with Gasteiger partial charge in [-0.15, -0.1) is 0 Å². The van der Waals surface area contributed by atoms with E-state index in [0.29, 0.717) is 30.1 Å². The quantitative estimate of drug-likeness (QED) is 0.600. The molecule has 0 fully saturated rings. The molecular weight excluding hydrogens is 314 g/mol. The first-order valence-corrected chi connectivity index (χ1v) is 8.59. The highest BCUT2D eigenvalue weighted by Gasteiger charge is 2.35. The van der Waals surface area contributed by atoms with Crippen LogP contribution >= 0.6 is 0 Å². The smallest absolute Gasteiger partial charge is 0.261 e. The third-order valence-corrected chi connectivity index (χ3v) is 4.26. The van der Waals surface area contributed by atoms with Gasteiger partial charge in [0.05, 0.1) is 11.1 Å². The number of hydrogen-bond acceptors (Lipinski definition) is 4. The van der Waals surface area contributed by atoms with Crippen molar-refractivity contribution in [2.75, 3.05) is 12.0 Å². The molecule has 0 spiro atoms. The van der Waals surface area contributed by atoms with Gasteiger partial charge in [0.25, 0.3) is 11.8 Å². The molecule has 0 saturated heterocycles. The lowest BCUT2D eigenvalue weighted by Crippen LogP contribution is -2.31. The normalized spacial score (nSPS) is 13.5. The molecule has 0 radical (unpaired) electrons. The van der Waals surface area contributed by atoms with Crippen molar-refractivity contribution in [1.29, 1.82) is 0 Å². The predicted octanol–water partition coefficient (Wildman–Crippen LogP) is 3.45. The van der Waals surface area contributed by atoms with Crippen molar-refractivity contribution in [1.82, 2.24) is 10.3 Å². The number of hydrogen-bond donors (Lipinski definition) is 2. The summed E-state index contributed by atoms with van der Waals surface area (Å²) < 4.78 is 0. The lowest BCUT2D eigenvalue weighted by atomic mass is 10.1. The molecule has 2 aromatic rings. The summed E-state index contributed by atoms with van der Waals surface area (Å²) >= 11 is 0. The number of nitrogens with zero attached hydrogens (tertiary/aromatic N) is 1. The number of carbonyl (C=O) groups excluding carboxylic acids is 2. The van der Waals surface area contributed by atoms with Gasteiger partial charge in [-0.1, -0.05) is 38.1 Å². The van der Waals surface area contributed by atoms with E-state index in [1.54, 1.807) is 6.07 Å². The number of rotatable bonds is 7. The second-order valence-electron chi connectivity index (χ2n) is 6.67. The Hall–Kier alpha value is -2.66. The zero-order valence-electron chi connectivity index (χ0n) is 14.6. The zero-order valence-corrected chi connectivity index (χ0v) is 14.6. The number of nitrogens with one attached hydrogen (secondary N) is 2. The van der Waals surface area contributed by atoms with E-state index in [2.05, 4.69) is 24.7 Å². The number of carbonyl (C=O) groups is 2. The number of benzene rings is 2. The summed E-state index contributed by atoms with van der Waals surface area (Å²) in [6.45, 7) is 5.20. The third kappa shape index (κ3) is 3.88. The van der Waals surface area contributed by atoms with Gasteiger partial charge in [-0.25, -0.2) is 5.43 Å². The highest BCUT2D eigenvalue weighted by molar-refractivity contribution is 6.21. The van der Waals surface area contributed by atoms with Crippen molar-refractivity contribution in [3.63, 3.8) is 0 Å². The van der Waals surface area contributed by atoms with Crippen LogP contribution in [0.5, 0.6) is 0 Å². The van der Waals surface area contributed by atoms with Crippen LogP contribution < -0.4 is 10.9 Å². The highest BCUT2D eigenvalue weighted by Crippen LogP contribution is 2.24. The van der Waals surface area contributed by atoms with E-state index in [0.717, 1.165) is 17.7 Å². The molecule has 0 atom stereocenters. The second-order valence-corrected chi connectivity index (χ2v) is 6.67. The van der Waals surface area contributed by atoms with E-state index < -0.39 is 0 Å². The Balaban J connectivity index is 1.65. The van der Waals surface area contributed by atoms with Gasteiger partial charge in [0.15, 0.2) is 0 Å². The van der Waals surface area contributed by atoms with Crippen molar-refractivity contribution in [3.05, 3.63) is 65.2 Å². The average Bonchev–Trinajstić information content (AvgIpc) is 2.84. The fourth-order valence-electron chi connectivity index (χ4n) is 2.81. The minimum atomic E-state index is -0.182. The number of anilines is 1. The van der Waals surface area contributed by atoms with Crippen LogP contribution in [-0.4, -0.2) is 23.3 Å². The van der Waals surface area contributed by atoms with Crippen LogP contribution in [0, 0.1) is 5.92 Å². The number of para-hydroxylation sites is 1. The monoisotopic (exact) mass is 337 g/mol. The summed E-state index contributed by atoms with van der Waals surface area (Å²) in [5.41, 5.74) is 9.17. The standard InChI is InChI=1S/C20H23N3O2/c1-14(2)10-11-23-19(24)17-9-8-15(12-18(17)20(23)25)13-21-22-16-6-4-3-5-7-16/h3-9,12,14,21-22H,10-11,13H2,1-2H3. The number of imide groups is 1. The molecule has 130 valence electrons. The minimum absolute atomic E-state index is 0.178. The molecule has 1 heterocycles. The fraction of sp³-hybridized carbons (Fsp3) is 0.300. The van der Waals surface area contributed by atoms with Crippen LogP contribution in [0.25, 0.3) is 0 Å². The van der Waals surface area contributed by atoms with E-state index in [4.69, 9.17) is 0 Å². The maximum atomic E-state index is 12.5. The van der Waals surface area contributed by atoms with Crippen LogP contribution in [0.15, 0.2) is 48.5 Å². The molecule has 0 saturated carbocycles. The Morgan fingerprint density at radius 2 is 1.68 bits per heavy atom. The van der Waals surface area contributed by atoms with Crippen molar-refractivity contribution < 1.29 is 9.59 Å². The van der Waals surface area contributed by atoms with Crippen LogP contribution in [0.3, 0.4) is 0 Å². The lowest BCUT2D eigenvalue weighted by molar-refractivity contribution is 0.0648. The molecule has 1 aliphatic rings. The Kier molecular flexibility index (Phi) is 5.14. The van der Waals surface area contributed by atoms with Crippen molar-refractivity contribution in [2.24, 2.45) is 5.92 Å². The first-order chi connectivity index (χ1) is 12.1. The summed E-state index contributed by atoms with van der Waals surface area (Å²) in [4.78, 5) is 26.3. The summed E-state index contributed by atoms with van der Waals surface area (Å²) in [5, 5.41) is 0. The largest absolute Gasteiger partial charge is 0.321 e. The van der Waals surface area contributed by atoms with Crippen molar-refractivity contribution >= 4 is 17.5 Å². The Labute approximate surface area is 148 Å². The summed E-state index contributed by atoms with van der Waals surface area (Å²) in [7, 11) is 0. The summed E-state index contributed by atoms with van der Waals surface area (Å²) in [6.07, 6.45) is 0.820. The molecule has 0 bridgehead atoms. The van der Waals surface area contributed by atoms with E-state index in [9.17, 15) is 9.59 Å². The molecule has 0 aromatic heterocycles. The van der Waals surface area contributed by atoms with Crippen LogP contribution in [-0.2, 0) is 6.54 Å². The van der Waals surface area contributed by atoms with E-state index in [1.165, 1.54) is 4.90 Å². The minimum Gasteiger partial charge on any atom is -0.321 e. The lowest BCUT2D eigenvalue weighted by Gasteiger charge is -2.14. The highest BCUT2D eigenvalue weighted by atomic mass is 16.2. The molecule has 0 aliphatic carbocycles. The zero-order chi connectivity index (χ0) is 17.8. The van der Waals surface area contributed by atoms with Gasteiger partial charge in [-0.05, 0) is 42.2 Å². The predicted molar refractivity (Wildman–Crippen MR) is 98.2 cm³/mol. The molecule has 5 heteroatoms. The SMILES string of the molecule is CC(C)CCN1C(=O)c2ccc(CNNc3ccccc3)cc2C1=O. The number of amides is 2. The van der Waals surface area contributed by atoms with Gasteiger partial charge in [0.1, 0.15) is 0 Å². The third-order valence-electron chi connectivity index (χ3n) is 4.26. The fourth-order valence-corrected chi connectivity index (χ4v) is 2.81. The molecule has 25 heavy (non-hydrogen) atoms. The molecule has 1 aliphatic heterocycles. The van der Waals surface area contributed by atoms with Gasteiger partial charge >= 0.3 is 0 Å². The summed E-state index contributed by atoms with van der Waals surface area (Å²) in [6, 6.07) is 15.2. The van der Waals surface area contributed by atoms with Crippen LogP contribution in [0.1, 0.15) is 46.5 Å². The Morgan fingerprint density at radius 3 is 2.40 bits per heavy atom. The molecular formula is C20H23N3O2. The first kappa shape index (κ1) is 17.2. The molecule has 0 unspecified atom stereocenters. The second kappa shape index (κ2) is 7.49. The average molecular weight is 337 g/mol. The number of hydrazine groups is 1. The molecule has 5 nitrogen and oxygen atoms in total. The Morgan fingerprint density at radius 1 is 0.960 bits per heavy atom. The topological polar surface area (TPSA) is 61.4 Å². The summed E-state index contributed by atoms with van der Waals surface area (Å²) in [5.74, 6) is 0.0919. The van der Waals surface area contributed by atoms with Crippen LogP contribution in [0.2, 0.25) is 0 Å². The first-order valence-electron chi connectivity index (χ1n) is 8.59. The maximum Gasteiger partial charge on any atom is 0.261 e. The maximum absolute atomic E-state index is 12.5. The van der Waals surface area contributed by atoms with Crippen molar-refractivity contribution in [2.45, 2.75) is 26.8 Å². The van der Waals surface area contributed by atoms with Crippen molar-refractivity contribution in [3.8, 4) is 0 Å².